The van der Waals surface area contributed by atoms with E-state index in [9.17, 15) is 0 Å². The van der Waals surface area contributed by atoms with Crippen molar-refractivity contribution >= 4 is 16.9 Å². The molecule has 1 aliphatic heterocycles. The zero-order valence-corrected chi connectivity index (χ0v) is 17.8. The van der Waals surface area contributed by atoms with Crippen molar-refractivity contribution in [1.29, 1.82) is 0 Å². The number of methoxy groups -OCH3 is 1. The van der Waals surface area contributed by atoms with E-state index < -0.39 is 0 Å². The smallest absolute Gasteiger partial charge is 0.212 e. The predicted octanol–water partition coefficient (Wildman–Crippen LogP) is 2.75. The highest BCUT2D eigenvalue weighted by atomic mass is 32.1. The second kappa shape index (κ2) is 8.10. The molecule has 0 aromatic carbocycles. The predicted molar refractivity (Wildman–Crippen MR) is 116 cm³/mol. The molecule has 154 valence electrons. The molecule has 4 aromatic rings. The Balaban J connectivity index is 1.40. The highest BCUT2D eigenvalue weighted by molar-refractivity contribution is 7.09. The Morgan fingerprint density at radius 3 is 2.80 bits per heavy atom. The maximum Gasteiger partial charge on any atom is 0.212 e. The average molecular weight is 422 g/mol. The molecule has 0 radical (unpaired) electrons. The molecule has 0 N–H and O–H groups in total. The topological polar surface area (TPSA) is 71.7 Å². The van der Waals surface area contributed by atoms with Crippen LogP contribution in [0.1, 0.15) is 16.7 Å². The molecule has 1 fully saturated rings. The standard InChI is InChI=1S/C21H23N7OS/c1-26-8-9-27(14-20-22-7-10-30-20)13-18(26)21-17-5-3-16(12-28(17)25-24-21)15-4-6-19(29-2)23-11-15/h3-7,10-12,18H,8-9,13-14H2,1-2H3/t18-/m1/s1. The molecule has 30 heavy (non-hydrogen) atoms. The van der Waals surface area contributed by atoms with Gasteiger partial charge in [-0.1, -0.05) is 11.3 Å². The number of hydrogen-bond acceptors (Lipinski definition) is 8. The van der Waals surface area contributed by atoms with Gasteiger partial charge in [0.05, 0.1) is 25.2 Å². The minimum Gasteiger partial charge on any atom is -0.481 e. The summed E-state index contributed by atoms with van der Waals surface area (Å²) in [5.41, 5.74) is 4.10. The first kappa shape index (κ1) is 19.1. The third-order valence-corrected chi connectivity index (χ3v) is 6.37. The molecule has 0 aliphatic carbocycles. The summed E-state index contributed by atoms with van der Waals surface area (Å²) in [7, 11) is 3.78. The summed E-state index contributed by atoms with van der Waals surface area (Å²) < 4.78 is 7.01. The van der Waals surface area contributed by atoms with Gasteiger partial charge in [-0.3, -0.25) is 9.80 Å². The minimum absolute atomic E-state index is 0.199. The number of likely N-dealkylation sites (N-methyl/N-ethyl adjacent to an activating group) is 1. The summed E-state index contributed by atoms with van der Waals surface area (Å²) in [5, 5.41) is 12.2. The molecule has 1 saturated heterocycles. The molecule has 0 bridgehead atoms. The van der Waals surface area contributed by atoms with Crippen LogP contribution in [0.4, 0.5) is 0 Å². The van der Waals surface area contributed by atoms with E-state index in [-0.39, 0.29) is 6.04 Å². The fraction of sp³-hybridized carbons (Fsp3) is 0.333. The van der Waals surface area contributed by atoms with Crippen molar-refractivity contribution in [2.75, 3.05) is 33.8 Å². The van der Waals surface area contributed by atoms with Crippen molar-refractivity contribution in [2.45, 2.75) is 12.6 Å². The summed E-state index contributed by atoms with van der Waals surface area (Å²) in [6, 6.07) is 8.26. The van der Waals surface area contributed by atoms with Crippen LogP contribution in [0.15, 0.2) is 48.2 Å². The van der Waals surface area contributed by atoms with Gasteiger partial charge in [-0.25, -0.2) is 14.5 Å². The van der Waals surface area contributed by atoms with Crippen molar-refractivity contribution in [3.05, 3.63) is 58.9 Å². The third-order valence-electron chi connectivity index (χ3n) is 5.61. The Bertz CT molecular complexity index is 1130. The number of pyridine rings is 2. The van der Waals surface area contributed by atoms with Crippen LogP contribution < -0.4 is 4.74 Å². The molecule has 0 amide bonds. The van der Waals surface area contributed by atoms with Crippen LogP contribution in [0, 0.1) is 0 Å². The van der Waals surface area contributed by atoms with Crippen LogP contribution in [-0.4, -0.2) is 68.4 Å². The van der Waals surface area contributed by atoms with E-state index >= 15 is 0 Å². The van der Waals surface area contributed by atoms with E-state index in [2.05, 4.69) is 49.3 Å². The lowest BCUT2D eigenvalue weighted by molar-refractivity contribution is 0.0889. The summed E-state index contributed by atoms with van der Waals surface area (Å²) in [6.45, 7) is 3.81. The van der Waals surface area contributed by atoms with Gasteiger partial charge in [-0.15, -0.1) is 16.4 Å². The molecule has 0 saturated carbocycles. The largest absolute Gasteiger partial charge is 0.481 e. The lowest BCUT2D eigenvalue weighted by atomic mass is 10.1. The van der Waals surface area contributed by atoms with Gasteiger partial charge >= 0.3 is 0 Å². The van der Waals surface area contributed by atoms with Gasteiger partial charge in [0.1, 0.15) is 10.7 Å². The van der Waals surface area contributed by atoms with E-state index in [4.69, 9.17) is 4.74 Å². The Kier molecular flexibility index (Phi) is 5.16. The Morgan fingerprint density at radius 2 is 2.03 bits per heavy atom. The maximum atomic E-state index is 5.15. The first-order chi connectivity index (χ1) is 14.7. The van der Waals surface area contributed by atoms with Crippen molar-refractivity contribution in [3.63, 3.8) is 0 Å². The second-order valence-corrected chi connectivity index (χ2v) is 8.45. The molecule has 8 nitrogen and oxygen atoms in total. The van der Waals surface area contributed by atoms with E-state index in [0.717, 1.165) is 53.5 Å². The lowest BCUT2D eigenvalue weighted by Gasteiger charge is -2.38. The molecule has 4 aromatic heterocycles. The first-order valence-electron chi connectivity index (χ1n) is 9.87. The summed E-state index contributed by atoms with van der Waals surface area (Å²) in [4.78, 5) is 13.5. The summed E-state index contributed by atoms with van der Waals surface area (Å²) >= 11 is 1.71. The van der Waals surface area contributed by atoms with Crippen molar-refractivity contribution in [1.82, 2.24) is 34.6 Å². The van der Waals surface area contributed by atoms with Crippen LogP contribution >= 0.6 is 11.3 Å². The van der Waals surface area contributed by atoms with Gasteiger partial charge in [0.15, 0.2) is 0 Å². The van der Waals surface area contributed by atoms with Crippen LogP contribution in [0.5, 0.6) is 5.88 Å². The van der Waals surface area contributed by atoms with E-state index in [1.807, 2.05) is 40.6 Å². The van der Waals surface area contributed by atoms with E-state index in [1.54, 1.807) is 18.4 Å². The SMILES string of the molecule is COc1ccc(-c2ccc3c([C@H]4CN(Cc5nccs5)CCN4C)nnn3c2)cn1. The van der Waals surface area contributed by atoms with Gasteiger partial charge in [0.2, 0.25) is 5.88 Å². The van der Waals surface area contributed by atoms with E-state index in [0.29, 0.717) is 5.88 Å². The fourth-order valence-corrected chi connectivity index (χ4v) is 4.54. The molecule has 5 heterocycles. The number of ether oxygens (including phenoxy) is 1. The molecule has 9 heteroatoms. The quantitative estimate of drug-likeness (QED) is 0.491. The normalized spacial score (nSPS) is 18.1. The minimum atomic E-state index is 0.199. The van der Waals surface area contributed by atoms with Crippen molar-refractivity contribution in [3.8, 4) is 17.0 Å². The highest BCUT2D eigenvalue weighted by Crippen LogP contribution is 2.28. The second-order valence-electron chi connectivity index (χ2n) is 7.47. The number of hydrogen-bond donors (Lipinski definition) is 0. The summed E-state index contributed by atoms with van der Waals surface area (Å²) in [6.07, 6.45) is 5.69. The van der Waals surface area contributed by atoms with Gasteiger partial charge in [0.25, 0.3) is 0 Å². The molecule has 0 unspecified atom stereocenters. The third kappa shape index (κ3) is 3.67. The number of rotatable bonds is 5. The maximum absolute atomic E-state index is 5.15. The van der Waals surface area contributed by atoms with Gasteiger partial charge in [0, 0.05) is 60.8 Å². The first-order valence-corrected chi connectivity index (χ1v) is 10.8. The zero-order chi connectivity index (χ0) is 20.5. The monoisotopic (exact) mass is 421 g/mol. The molecule has 0 spiro atoms. The fourth-order valence-electron chi connectivity index (χ4n) is 3.89. The number of piperazine rings is 1. The number of fused-ring (bicyclic) bond motifs is 1. The van der Waals surface area contributed by atoms with Crippen molar-refractivity contribution in [2.24, 2.45) is 0 Å². The molecular weight excluding hydrogens is 398 g/mol. The Labute approximate surface area is 178 Å². The van der Waals surface area contributed by atoms with Gasteiger partial charge < -0.3 is 4.74 Å². The van der Waals surface area contributed by atoms with E-state index in [1.165, 1.54) is 0 Å². The molecule has 5 rings (SSSR count). The van der Waals surface area contributed by atoms with Crippen LogP contribution in [0.2, 0.25) is 0 Å². The Hall–Kier alpha value is -2.88. The van der Waals surface area contributed by atoms with Crippen LogP contribution in [0.25, 0.3) is 16.6 Å². The molecule has 1 aliphatic rings. The van der Waals surface area contributed by atoms with Crippen molar-refractivity contribution < 1.29 is 4.74 Å². The summed E-state index contributed by atoms with van der Waals surface area (Å²) in [5.74, 6) is 0.602. The number of thiazole rings is 1. The number of aromatic nitrogens is 5. The highest BCUT2D eigenvalue weighted by Gasteiger charge is 2.29. The number of nitrogens with zero attached hydrogens (tertiary/aromatic N) is 7. The molecular formula is C21H23N7OS. The zero-order valence-electron chi connectivity index (χ0n) is 17.0. The van der Waals surface area contributed by atoms with Crippen LogP contribution in [0.3, 0.4) is 0 Å². The lowest BCUT2D eigenvalue weighted by Crippen LogP contribution is -2.46. The molecule has 1 atom stereocenters. The van der Waals surface area contributed by atoms with Gasteiger partial charge in [-0.2, -0.15) is 0 Å². The van der Waals surface area contributed by atoms with Crippen LogP contribution in [-0.2, 0) is 6.54 Å². The van der Waals surface area contributed by atoms with Gasteiger partial charge in [-0.05, 0) is 19.2 Å². The average Bonchev–Trinajstić information content (AvgIpc) is 3.44. The Morgan fingerprint density at radius 1 is 1.13 bits per heavy atom.